The molecule has 0 spiro atoms. The number of H-pyrrole nitrogens is 1. The molecule has 0 radical (unpaired) electrons. The Hall–Kier alpha value is -1.68. The lowest BCUT2D eigenvalue weighted by Gasteiger charge is -2.09. The van der Waals surface area contributed by atoms with E-state index in [1.54, 1.807) is 6.20 Å². The van der Waals surface area contributed by atoms with Gasteiger partial charge in [0.05, 0.1) is 11.4 Å². The number of hydrogen-bond donors (Lipinski definition) is 2. The lowest BCUT2D eigenvalue weighted by molar-refractivity contribution is 0.627. The van der Waals surface area contributed by atoms with E-state index in [4.69, 9.17) is 0 Å². The van der Waals surface area contributed by atoms with Crippen LogP contribution in [0.15, 0.2) is 24.5 Å². The smallest absolute Gasteiger partial charge is 0.111 e. The fraction of sp³-hybridized carbons (Fsp3) is 0.333. The molecule has 0 amide bonds. The van der Waals surface area contributed by atoms with Crippen LogP contribution in [-0.4, -0.2) is 21.5 Å². The molecule has 0 atom stereocenters. The second kappa shape index (κ2) is 4.06. The van der Waals surface area contributed by atoms with Crippen molar-refractivity contribution >= 4 is 0 Å². The van der Waals surface area contributed by atoms with Gasteiger partial charge in [-0.3, -0.25) is 4.98 Å². The molecule has 1 aliphatic heterocycles. The van der Waals surface area contributed by atoms with Crippen LogP contribution in [0.5, 0.6) is 0 Å². The Morgan fingerprint density at radius 2 is 2.38 bits per heavy atom. The standard InChI is InChI=1S/C12H14N4/c1-2-9(7-13-4-1)6-12-15-10-3-5-14-8-11(10)16-12/h1-2,4,7,14H,3,5-6,8H2,(H,15,16). The highest BCUT2D eigenvalue weighted by molar-refractivity contribution is 5.21. The summed E-state index contributed by atoms with van der Waals surface area (Å²) in [5.41, 5.74) is 3.66. The monoisotopic (exact) mass is 214 g/mol. The summed E-state index contributed by atoms with van der Waals surface area (Å²) in [5.74, 6) is 1.04. The second-order valence-corrected chi connectivity index (χ2v) is 4.07. The van der Waals surface area contributed by atoms with Crippen LogP contribution in [0.4, 0.5) is 0 Å². The number of nitrogens with one attached hydrogen (secondary N) is 2. The van der Waals surface area contributed by atoms with Crippen LogP contribution < -0.4 is 5.32 Å². The zero-order valence-electron chi connectivity index (χ0n) is 9.03. The summed E-state index contributed by atoms with van der Waals surface area (Å²) in [7, 11) is 0. The first-order chi connectivity index (χ1) is 7.92. The minimum absolute atomic E-state index is 0.834. The maximum atomic E-state index is 4.62. The van der Waals surface area contributed by atoms with E-state index in [1.165, 1.54) is 17.0 Å². The molecule has 0 saturated heterocycles. The number of hydrogen-bond acceptors (Lipinski definition) is 3. The van der Waals surface area contributed by atoms with E-state index in [-0.39, 0.29) is 0 Å². The maximum absolute atomic E-state index is 4.62. The topological polar surface area (TPSA) is 53.6 Å². The van der Waals surface area contributed by atoms with E-state index in [9.17, 15) is 0 Å². The van der Waals surface area contributed by atoms with Gasteiger partial charge >= 0.3 is 0 Å². The number of imidazole rings is 1. The van der Waals surface area contributed by atoms with E-state index in [2.05, 4.69) is 26.3 Å². The Kier molecular flexibility index (Phi) is 2.42. The Morgan fingerprint density at radius 3 is 3.19 bits per heavy atom. The first-order valence-electron chi connectivity index (χ1n) is 5.58. The summed E-state index contributed by atoms with van der Waals surface area (Å²) in [6.07, 6.45) is 5.54. The van der Waals surface area contributed by atoms with Crippen molar-refractivity contribution in [3.63, 3.8) is 0 Å². The number of aromatic nitrogens is 3. The fourth-order valence-corrected chi connectivity index (χ4v) is 2.06. The molecular weight excluding hydrogens is 200 g/mol. The third-order valence-corrected chi connectivity index (χ3v) is 2.85. The van der Waals surface area contributed by atoms with Gasteiger partial charge in [-0.2, -0.15) is 0 Å². The third kappa shape index (κ3) is 1.84. The van der Waals surface area contributed by atoms with Crippen LogP contribution in [0.2, 0.25) is 0 Å². The van der Waals surface area contributed by atoms with Crippen LogP contribution in [0.1, 0.15) is 22.8 Å². The Morgan fingerprint density at radius 1 is 1.38 bits per heavy atom. The van der Waals surface area contributed by atoms with Crippen molar-refractivity contribution in [2.45, 2.75) is 19.4 Å². The number of pyridine rings is 1. The summed E-state index contributed by atoms with van der Waals surface area (Å²) in [4.78, 5) is 12.1. The van der Waals surface area contributed by atoms with E-state index in [0.717, 1.165) is 31.8 Å². The predicted octanol–water partition coefficient (Wildman–Crippen LogP) is 1.04. The molecule has 2 aromatic heterocycles. The first-order valence-corrected chi connectivity index (χ1v) is 5.58. The molecule has 1 aliphatic rings. The van der Waals surface area contributed by atoms with Gasteiger partial charge in [0.15, 0.2) is 0 Å². The van der Waals surface area contributed by atoms with Crippen molar-refractivity contribution < 1.29 is 0 Å². The summed E-state index contributed by atoms with van der Waals surface area (Å²) < 4.78 is 0. The van der Waals surface area contributed by atoms with E-state index in [0.29, 0.717) is 0 Å². The average Bonchev–Trinajstić information content (AvgIpc) is 2.72. The number of fused-ring (bicyclic) bond motifs is 1. The van der Waals surface area contributed by atoms with E-state index >= 15 is 0 Å². The molecule has 4 heteroatoms. The van der Waals surface area contributed by atoms with Gasteiger partial charge in [0.25, 0.3) is 0 Å². The number of nitrogens with zero attached hydrogens (tertiary/aromatic N) is 2. The highest BCUT2D eigenvalue weighted by atomic mass is 15.0. The summed E-state index contributed by atoms with van der Waals surface area (Å²) in [5, 5.41) is 3.33. The van der Waals surface area contributed by atoms with Crippen molar-refractivity contribution in [2.75, 3.05) is 6.54 Å². The lowest BCUT2D eigenvalue weighted by Crippen LogP contribution is -2.23. The van der Waals surface area contributed by atoms with Crippen LogP contribution in [-0.2, 0) is 19.4 Å². The zero-order chi connectivity index (χ0) is 10.8. The summed E-state index contributed by atoms with van der Waals surface area (Å²) >= 11 is 0. The highest BCUT2D eigenvalue weighted by Gasteiger charge is 2.13. The molecule has 0 unspecified atom stereocenters. The normalized spacial score (nSPS) is 14.8. The molecule has 0 aromatic carbocycles. The van der Waals surface area contributed by atoms with Gasteiger partial charge in [-0.05, 0) is 11.6 Å². The third-order valence-electron chi connectivity index (χ3n) is 2.85. The highest BCUT2D eigenvalue weighted by Crippen LogP contribution is 2.13. The van der Waals surface area contributed by atoms with Gasteiger partial charge in [0.2, 0.25) is 0 Å². The van der Waals surface area contributed by atoms with Crippen molar-refractivity contribution in [1.29, 1.82) is 0 Å². The quantitative estimate of drug-likeness (QED) is 0.785. The van der Waals surface area contributed by atoms with Gasteiger partial charge < -0.3 is 10.3 Å². The van der Waals surface area contributed by atoms with Gasteiger partial charge in [0.1, 0.15) is 5.82 Å². The molecular formula is C12H14N4. The van der Waals surface area contributed by atoms with Crippen LogP contribution in [0.25, 0.3) is 0 Å². The second-order valence-electron chi connectivity index (χ2n) is 4.07. The minimum atomic E-state index is 0.834. The largest absolute Gasteiger partial charge is 0.344 e. The maximum Gasteiger partial charge on any atom is 0.111 e. The molecule has 0 aliphatic carbocycles. The van der Waals surface area contributed by atoms with Gasteiger partial charge in [-0.1, -0.05) is 6.07 Å². The average molecular weight is 214 g/mol. The first kappa shape index (κ1) is 9.54. The minimum Gasteiger partial charge on any atom is -0.344 e. The molecule has 4 nitrogen and oxygen atoms in total. The molecule has 0 saturated carbocycles. The van der Waals surface area contributed by atoms with Gasteiger partial charge in [0, 0.05) is 38.3 Å². The number of aromatic amines is 1. The van der Waals surface area contributed by atoms with Crippen molar-refractivity contribution in [3.05, 3.63) is 47.3 Å². The molecule has 0 fully saturated rings. The number of rotatable bonds is 2. The predicted molar refractivity (Wildman–Crippen MR) is 61.0 cm³/mol. The molecule has 2 aromatic rings. The Balaban J connectivity index is 1.83. The van der Waals surface area contributed by atoms with Crippen molar-refractivity contribution in [1.82, 2.24) is 20.3 Å². The molecule has 82 valence electrons. The fourth-order valence-electron chi connectivity index (χ4n) is 2.06. The molecule has 2 N–H and O–H groups in total. The van der Waals surface area contributed by atoms with E-state index < -0.39 is 0 Å². The SMILES string of the molecule is c1cncc(Cc2nc3c([nH]2)CNCC3)c1. The zero-order valence-corrected chi connectivity index (χ0v) is 9.03. The van der Waals surface area contributed by atoms with Crippen molar-refractivity contribution in [3.8, 4) is 0 Å². The van der Waals surface area contributed by atoms with Crippen LogP contribution >= 0.6 is 0 Å². The van der Waals surface area contributed by atoms with Crippen molar-refractivity contribution in [2.24, 2.45) is 0 Å². The summed E-state index contributed by atoms with van der Waals surface area (Å²) in [6, 6.07) is 4.03. The molecule has 16 heavy (non-hydrogen) atoms. The van der Waals surface area contributed by atoms with Crippen LogP contribution in [0.3, 0.4) is 0 Å². The van der Waals surface area contributed by atoms with E-state index in [1.807, 2.05) is 12.3 Å². The molecule has 3 rings (SSSR count). The Labute approximate surface area is 94.1 Å². The Bertz CT molecular complexity index is 452. The van der Waals surface area contributed by atoms with Gasteiger partial charge in [-0.25, -0.2) is 4.98 Å². The lowest BCUT2D eigenvalue weighted by atomic mass is 10.2. The summed E-state index contributed by atoms with van der Waals surface area (Å²) in [6.45, 7) is 1.94. The molecule has 3 heterocycles. The van der Waals surface area contributed by atoms with Gasteiger partial charge in [-0.15, -0.1) is 0 Å². The molecule has 0 bridgehead atoms. The van der Waals surface area contributed by atoms with Crippen LogP contribution in [0, 0.1) is 0 Å².